The number of amides is 1. The Morgan fingerprint density at radius 1 is 1.03 bits per heavy atom. The van der Waals surface area contributed by atoms with E-state index >= 15 is 0 Å². The fourth-order valence-corrected chi connectivity index (χ4v) is 3.08. The smallest absolute Gasteiger partial charge is 0.257 e. The quantitative estimate of drug-likeness (QED) is 0.483. The van der Waals surface area contributed by atoms with E-state index < -0.39 is 0 Å². The number of nitrogens with one attached hydrogen (secondary N) is 1. The minimum Gasteiger partial charge on any atom is -0.457 e. The number of benzene rings is 2. The van der Waals surface area contributed by atoms with Gasteiger partial charge in [-0.25, -0.2) is 0 Å². The molecule has 1 N–H and O–H groups in total. The highest BCUT2D eigenvalue weighted by molar-refractivity contribution is 6.05. The van der Waals surface area contributed by atoms with Gasteiger partial charge in [0.2, 0.25) is 0 Å². The minimum absolute atomic E-state index is 0.101. The lowest BCUT2D eigenvalue weighted by Crippen LogP contribution is -2.15. The molecule has 0 bridgehead atoms. The normalized spacial score (nSPS) is 11.7. The monoisotopic (exact) mass is 404 g/mol. The van der Waals surface area contributed by atoms with E-state index in [0.717, 1.165) is 23.4 Å². The molecule has 1 atom stereocenters. The summed E-state index contributed by atoms with van der Waals surface area (Å²) in [6.07, 6.45) is 0.854. The molecule has 0 aliphatic rings. The zero-order valence-corrected chi connectivity index (χ0v) is 17.9. The van der Waals surface area contributed by atoms with E-state index in [1.807, 2.05) is 69.3 Å². The molecule has 3 rings (SSSR count). The summed E-state index contributed by atoms with van der Waals surface area (Å²) in [6, 6.07) is 18.8. The molecule has 1 amide bonds. The average molecular weight is 405 g/mol. The van der Waals surface area contributed by atoms with E-state index in [1.54, 1.807) is 12.1 Å². The van der Waals surface area contributed by atoms with Gasteiger partial charge in [0.25, 0.3) is 5.91 Å². The van der Waals surface area contributed by atoms with Crippen LogP contribution in [0.2, 0.25) is 0 Å². The van der Waals surface area contributed by atoms with Gasteiger partial charge in [-0.1, -0.05) is 25.1 Å². The van der Waals surface area contributed by atoms with Gasteiger partial charge in [-0.15, -0.1) is 0 Å². The lowest BCUT2D eigenvalue weighted by atomic mass is 10.1. The van der Waals surface area contributed by atoms with Crippen LogP contribution >= 0.6 is 0 Å². The van der Waals surface area contributed by atoms with E-state index in [1.165, 1.54) is 0 Å². The van der Waals surface area contributed by atoms with Crippen LogP contribution in [0.3, 0.4) is 0 Å². The molecule has 0 spiro atoms. The van der Waals surface area contributed by atoms with Gasteiger partial charge in [-0.2, -0.15) is 0 Å². The molecule has 5 heteroatoms. The van der Waals surface area contributed by atoms with Gasteiger partial charge in [-0.3, -0.25) is 9.78 Å². The zero-order valence-electron chi connectivity index (χ0n) is 17.9. The molecular formula is C25H28N2O3. The van der Waals surface area contributed by atoms with Crippen molar-refractivity contribution < 1.29 is 14.3 Å². The van der Waals surface area contributed by atoms with Crippen LogP contribution < -0.4 is 10.1 Å². The summed E-state index contributed by atoms with van der Waals surface area (Å²) in [4.78, 5) is 17.3. The topological polar surface area (TPSA) is 60.5 Å². The van der Waals surface area contributed by atoms with Crippen molar-refractivity contribution in [2.45, 2.75) is 40.2 Å². The Labute approximate surface area is 178 Å². The van der Waals surface area contributed by atoms with Crippen LogP contribution in [-0.4, -0.2) is 17.5 Å². The maximum absolute atomic E-state index is 12.8. The van der Waals surface area contributed by atoms with E-state index in [4.69, 9.17) is 9.47 Å². The lowest BCUT2D eigenvalue weighted by molar-refractivity contribution is 0.0632. The van der Waals surface area contributed by atoms with Crippen LogP contribution in [0.25, 0.3) is 0 Å². The molecule has 156 valence electrons. The SMILES string of the molecule is CCCOC(C)c1ccc(C(=O)Nc2cccc(Oc3cccc(C)c3)c2)c(C)n1. The van der Waals surface area contributed by atoms with Crippen molar-refractivity contribution in [3.63, 3.8) is 0 Å². The summed E-state index contributed by atoms with van der Waals surface area (Å²) >= 11 is 0. The number of aromatic nitrogens is 1. The standard InChI is InChI=1S/C25H28N2O3/c1-5-14-29-19(4)24-13-12-23(18(3)26-24)25(28)27-20-9-7-11-22(16-20)30-21-10-6-8-17(2)15-21/h6-13,15-16,19H,5,14H2,1-4H3,(H,27,28). The van der Waals surface area contributed by atoms with Crippen molar-refractivity contribution in [2.75, 3.05) is 11.9 Å². The van der Waals surface area contributed by atoms with Gasteiger partial charge < -0.3 is 14.8 Å². The van der Waals surface area contributed by atoms with Gasteiger partial charge in [0.15, 0.2) is 0 Å². The largest absolute Gasteiger partial charge is 0.457 e. The first kappa shape index (κ1) is 21.5. The second-order valence-electron chi connectivity index (χ2n) is 7.28. The van der Waals surface area contributed by atoms with Gasteiger partial charge in [-0.05, 0) is 69.2 Å². The van der Waals surface area contributed by atoms with E-state index in [2.05, 4.69) is 17.2 Å². The molecule has 0 saturated carbocycles. The molecule has 30 heavy (non-hydrogen) atoms. The van der Waals surface area contributed by atoms with Crippen molar-refractivity contribution in [1.82, 2.24) is 4.98 Å². The first-order valence-electron chi connectivity index (χ1n) is 10.2. The molecule has 0 aliphatic carbocycles. The van der Waals surface area contributed by atoms with Crippen LogP contribution in [0.4, 0.5) is 5.69 Å². The molecule has 1 unspecified atom stereocenters. The molecule has 0 fully saturated rings. The summed E-state index contributed by atoms with van der Waals surface area (Å²) in [5.41, 5.74) is 3.81. The van der Waals surface area contributed by atoms with Crippen molar-refractivity contribution in [3.05, 3.63) is 83.2 Å². The Morgan fingerprint density at radius 2 is 1.77 bits per heavy atom. The summed E-state index contributed by atoms with van der Waals surface area (Å²) in [5.74, 6) is 1.21. The number of aryl methyl sites for hydroxylation is 2. The third-order valence-electron chi connectivity index (χ3n) is 4.66. The maximum atomic E-state index is 12.8. The second kappa shape index (κ2) is 10.0. The zero-order chi connectivity index (χ0) is 21.5. The molecule has 0 radical (unpaired) electrons. The Bertz CT molecular complexity index is 1020. The van der Waals surface area contributed by atoms with Gasteiger partial charge in [0.05, 0.1) is 23.1 Å². The van der Waals surface area contributed by atoms with Crippen LogP contribution in [-0.2, 0) is 4.74 Å². The predicted octanol–water partition coefficient (Wildman–Crippen LogP) is 6.23. The number of nitrogens with zero attached hydrogens (tertiary/aromatic N) is 1. The first-order chi connectivity index (χ1) is 14.5. The summed E-state index contributed by atoms with van der Waals surface area (Å²) in [6.45, 7) is 8.58. The van der Waals surface area contributed by atoms with Gasteiger partial charge in [0, 0.05) is 18.4 Å². The highest BCUT2D eigenvalue weighted by atomic mass is 16.5. The van der Waals surface area contributed by atoms with Crippen molar-refractivity contribution >= 4 is 11.6 Å². The summed E-state index contributed by atoms with van der Waals surface area (Å²) in [5, 5.41) is 2.93. The second-order valence-corrected chi connectivity index (χ2v) is 7.28. The van der Waals surface area contributed by atoms with Crippen LogP contribution in [0.15, 0.2) is 60.7 Å². The maximum Gasteiger partial charge on any atom is 0.257 e. The number of anilines is 1. The third-order valence-corrected chi connectivity index (χ3v) is 4.66. The van der Waals surface area contributed by atoms with Gasteiger partial charge in [0.1, 0.15) is 11.5 Å². The fraction of sp³-hybridized carbons (Fsp3) is 0.280. The molecule has 1 heterocycles. The van der Waals surface area contributed by atoms with Crippen molar-refractivity contribution in [1.29, 1.82) is 0 Å². The van der Waals surface area contributed by atoms with Crippen LogP contribution in [0, 0.1) is 13.8 Å². The third kappa shape index (κ3) is 5.67. The Kier molecular flexibility index (Phi) is 7.20. The molecule has 2 aromatic carbocycles. The Hall–Kier alpha value is -3.18. The number of hydrogen-bond acceptors (Lipinski definition) is 4. The first-order valence-corrected chi connectivity index (χ1v) is 10.2. The van der Waals surface area contributed by atoms with Crippen molar-refractivity contribution in [3.8, 4) is 11.5 Å². The Morgan fingerprint density at radius 3 is 2.47 bits per heavy atom. The van der Waals surface area contributed by atoms with E-state index in [0.29, 0.717) is 29.3 Å². The average Bonchev–Trinajstić information content (AvgIpc) is 2.72. The van der Waals surface area contributed by atoms with E-state index in [9.17, 15) is 4.79 Å². The molecular weight excluding hydrogens is 376 g/mol. The molecule has 5 nitrogen and oxygen atoms in total. The molecule has 1 aromatic heterocycles. The molecule has 3 aromatic rings. The predicted molar refractivity (Wildman–Crippen MR) is 119 cm³/mol. The number of ether oxygens (including phenoxy) is 2. The summed E-state index contributed by atoms with van der Waals surface area (Å²) in [7, 11) is 0. The highest BCUT2D eigenvalue weighted by Gasteiger charge is 2.14. The molecule has 0 saturated heterocycles. The number of rotatable bonds is 8. The van der Waals surface area contributed by atoms with Crippen molar-refractivity contribution in [2.24, 2.45) is 0 Å². The van der Waals surface area contributed by atoms with Gasteiger partial charge >= 0.3 is 0 Å². The number of pyridine rings is 1. The number of carbonyl (C=O) groups is 1. The van der Waals surface area contributed by atoms with E-state index in [-0.39, 0.29) is 12.0 Å². The Balaban J connectivity index is 1.70. The van der Waals surface area contributed by atoms with Crippen LogP contribution in [0.1, 0.15) is 53.7 Å². The summed E-state index contributed by atoms with van der Waals surface area (Å²) < 4.78 is 11.6. The fourth-order valence-electron chi connectivity index (χ4n) is 3.08. The molecule has 0 aliphatic heterocycles. The number of hydrogen-bond donors (Lipinski definition) is 1. The minimum atomic E-state index is -0.207. The van der Waals surface area contributed by atoms with Crippen LogP contribution in [0.5, 0.6) is 11.5 Å². The lowest BCUT2D eigenvalue weighted by Gasteiger charge is -2.14. The highest BCUT2D eigenvalue weighted by Crippen LogP contribution is 2.25. The number of carbonyl (C=O) groups excluding carboxylic acids is 1.